The van der Waals surface area contributed by atoms with Crippen molar-refractivity contribution in [2.45, 2.75) is 25.3 Å². The lowest BCUT2D eigenvalue weighted by Gasteiger charge is -2.31. The molecule has 1 fully saturated rings. The molecular formula is C19H20FN5O3. The second-order valence-corrected chi connectivity index (χ2v) is 6.70. The molecule has 146 valence electrons. The number of nitrogens with zero attached hydrogens (tertiary/aromatic N) is 3. The van der Waals surface area contributed by atoms with Crippen molar-refractivity contribution in [3.63, 3.8) is 0 Å². The van der Waals surface area contributed by atoms with Crippen LogP contribution in [0.5, 0.6) is 0 Å². The predicted octanol–water partition coefficient (Wildman–Crippen LogP) is 2.52. The van der Waals surface area contributed by atoms with Gasteiger partial charge >= 0.3 is 5.97 Å². The minimum absolute atomic E-state index is 0.163. The number of methoxy groups -OCH3 is 1. The Balaban J connectivity index is 1.86. The second kappa shape index (κ2) is 8.08. The number of nitrogens with one attached hydrogen (secondary N) is 1. The van der Waals surface area contributed by atoms with Gasteiger partial charge in [-0.3, -0.25) is 14.3 Å². The van der Waals surface area contributed by atoms with E-state index in [-0.39, 0.29) is 35.1 Å². The van der Waals surface area contributed by atoms with Gasteiger partial charge in [-0.25, -0.2) is 4.39 Å². The Morgan fingerprint density at radius 3 is 2.68 bits per heavy atom. The minimum atomic E-state index is -0.674. The van der Waals surface area contributed by atoms with Crippen LogP contribution in [0.1, 0.15) is 35.7 Å². The van der Waals surface area contributed by atoms with E-state index in [0.29, 0.717) is 24.9 Å². The third kappa shape index (κ3) is 3.96. The summed E-state index contributed by atoms with van der Waals surface area (Å²) in [6.07, 6.45) is 2.96. The molecule has 1 heterocycles. The Morgan fingerprint density at radius 2 is 2.07 bits per heavy atom. The molecule has 3 unspecified atom stereocenters. The van der Waals surface area contributed by atoms with Gasteiger partial charge in [0.25, 0.3) is 5.91 Å². The standard InChI is InChI=1S/C19H20FN5O3/c1-28-19(27)11-2-7-16(12(8-11)9-21)25-10-15(17(22)26)18(24-25)23-14-5-3-13(20)4-6-14/h3-6,10-12,16H,2,7-8H2,1H3,(H2,22,26)(H,23,24). The number of primary amides is 1. The van der Waals surface area contributed by atoms with E-state index in [2.05, 4.69) is 16.5 Å². The van der Waals surface area contributed by atoms with E-state index in [9.17, 15) is 19.2 Å². The number of nitriles is 1. The summed E-state index contributed by atoms with van der Waals surface area (Å²) in [5, 5.41) is 16.9. The van der Waals surface area contributed by atoms with Gasteiger partial charge in [0.1, 0.15) is 11.4 Å². The highest BCUT2D eigenvalue weighted by Gasteiger charge is 2.36. The third-order valence-corrected chi connectivity index (χ3v) is 4.96. The van der Waals surface area contributed by atoms with Gasteiger partial charge in [0.2, 0.25) is 0 Å². The highest BCUT2D eigenvalue weighted by molar-refractivity contribution is 5.98. The fraction of sp³-hybridized carbons (Fsp3) is 0.368. The van der Waals surface area contributed by atoms with Crippen LogP contribution in [0.3, 0.4) is 0 Å². The van der Waals surface area contributed by atoms with Crippen LogP contribution in [0.25, 0.3) is 0 Å². The largest absolute Gasteiger partial charge is 0.469 e. The van der Waals surface area contributed by atoms with Gasteiger partial charge in [-0.15, -0.1) is 0 Å². The summed E-state index contributed by atoms with van der Waals surface area (Å²) in [6.45, 7) is 0. The number of carbonyl (C=O) groups is 2. The number of aromatic nitrogens is 2. The number of hydrogen-bond acceptors (Lipinski definition) is 6. The number of nitrogens with two attached hydrogens (primary N) is 1. The molecule has 1 aliphatic rings. The first-order valence-corrected chi connectivity index (χ1v) is 8.82. The lowest BCUT2D eigenvalue weighted by atomic mass is 9.78. The summed E-state index contributed by atoms with van der Waals surface area (Å²) < 4.78 is 19.4. The highest BCUT2D eigenvalue weighted by atomic mass is 19.1. The van der Waals surface area contributed by atoms with Gasteiger partial charge in [-0.1, -0.05) is 0 Å². The SMILES string of the molecule is COC(=O)C1CCC(n2cc(C(N)=O)c(Nc3ccc(F)cc3)n2)C(C#N)C1. The molecule has 1 aromatic carbocycles. The lowest BCUT2D eigenvalue weighted by Crippen LogP contribution is -2.31. The van der Waals surface area contributed by atoms with Crippen molar-refractivity contribution in [2.24, 2.45) is 17.6 Å². The van der Waals surface area contributed by atoms with Gasteiger partial charge in [0.15, 0.2) is 5.82 Å². The Kier molecular flexibility index (Phi) is 5.59. The van der Waals surface area contributed by atoms with E-state index in [0.717, 1.165) is 0 Å². The third-order valence-electron chi connectivity index (χ3n) is 4.96. The monoisotopic (exact) mass is 385 g/mol. The summed E-state index contributed by atoms with van der Waals surface area (Å²) >= 11 is 0. The number of hydrogen-bond donors (Lipinski definition) is 2. The number of carbonyl (C=O) groups excluding carboxylic acids is 2. The average Bonchev–Trinajstić information content (AvgIpc) is 3.12. The van der Waals surface area contributed by atoms with Crippen LogP contribution >= 0.6 is 0 Å². The molecule has 8 nitrogen and oxygen atoms in total. The molecule has 0 saturated heterocycles. The van der Waals surface area contributed by atoms with Crippen molar-refractivity contribution >= 4 is 23.4 Å². The molecule has 1 amide bonds. The van der Waals surface area contributed by atoms with Crippen molar-refractivity contribution in [1.29, 1.82) is 5.26 Å². The molecular weight excluding hydrogens is 365 g/mol. The van der Waals surface area contributed by atoms with Crippen LogP contribution in [0.2, 0.25) is 0 Å². The summed E-state index contributed by atoms with van der Waals surface area (Å²) in [5.74, 6) is -1.94. The fourth-order valence-corrected chi connectivity index (χ4v) is 3.49. The molecule has 3 N–H and O–H groups in total. The number of esters is 1. The molecule has 0 spiro atoms. The summed E-state index contributed by atoms with van der Waals surface area (Å²) in [7, 11) is 1.33. The van der Waals surface area contributed by atoms with E-state index in [1.807, 2.05) is 0 Å². The number of ether oxygens (including phenoxy) is 1. The summed E-state index contributed by atoms with van der Waals surface area (Å²) in [6, 6.07) is 7.52. The molecule has 1 aromatic heterocycles. The number of anilines is 2. The zero-order chi connectivity index (χ0) is 20.3. The van der Waals surface area contributed by atoms with E-state index in [4.69, 9.17) is 10.5 Å². The predicted molar refractivity (Wildman–Crippen MR) is 97.9 cm³/mol. The molecule has 3 atom stereocenters. The van der Waals surface area contributed by atoms with Crippen LogP contribution in [0.4, 0.5) is 15.9 Å². The van der Waals surface area contributed by atoms with Crippen molar-refractivity contribution in [1.82, 2.24) is 9.78 Å². The molecule has 0 radical (unpaired) electrons. The number of amides is 1. The van der Waals surface area contributed by atoms with Gasteiger partial charge in [-0.2, -0.15) is 10.4 Å². The van der Waals surface area contributed by atoms with Crippen molar-refractivity contribution in [2.75, 3.05) is 12.4 Å². The summed E-state index contributed by atoms with van der Waals surface area (Å²) in [4.78, 5) is 23.6. The number of benzene rings is 1. The van der Waals surface area contributed by atoms with E-state index in [1.54, 1.807) is 4.68 Å². The quantitative estimate of drug-likeness (QED) is 0.763. The van der Waals surface area contributed by atoms with Crippen LogP contribution in [-0.2, 0) is 9.53 Å². The normalized spacial score (nSPS) is 21.5. The Hall–Kier alpha value is -3.41. The maximum absolute atomic E-state index is 13.1. The molecule has 9 heteroatoms. The zero-order valence-electron chi connectivity index (χ0n) is 15.3. The number of halogens is 1. The highest BCUT2D eigenvalue weighted by Crippen LogP contribution is 2.38. The Labute approximate surface area is 161 Å². The van der Waals surface area contributed by atoms with Crippen LogP contribution in [0.15, 0.2) is 30.5 Å². The van der Waals surface area contributed by atoms with Crippen molar-refractivity contribution in [3.8, 4) is 6.07 Å². The number of rotatable bonds is 5. The summed E-state index contributed by atoms with van der Waals surface area (Å²) in [5.41, 5.74) is 6.17. The topological polar surface area (TPSA) is 123 Å². The van der Waals surface area contributed by atoms with Gasteiger partial charge in [0.05, 0.1) is 31.1 Å². The van der Waals surface area contributed by atoms with Crippen molar-refractivity contribution < 1.29 is 18.7 Å². The van der Waals surface area contributed by atoms with Gasteiger partial charge in [-0.05, 0) is 43.5 Å². The van der Waals surface area contributed by atoms with Crippen LogP contribution in [0, 0.1) is 29.0 Å². The fourth-order valence-electron chi connectivity index (χ4n) is 3.49. The maximum Gasteiger partial charge on any atom is 0.308 e. The van der Waals surface area contributed by atoms with E-state index in [1.165, 1.54) is 37.6 Å². The first kappa shape index (κ1) is 19.4. The van der Waals surface area contributed by atoms with Crippen LogP contribution in [-0.4, -0.2) is 28.8 Å². The molecule has 3 rings (SSSR count). The molecule has 28 heavy (non-hydrogen) atoms. The first-order chi connectivity index (χ1) is 13.4. The van der Waals surface area contributed by atoms with Crippen molar-refractivity contribution in [3.05, 3.63) is 41.8 Å². The molecule has 2 aromatic rings. The van der Waals surface area contributed by atoms with Crippen LogP contribution < -0.4 is 11.1 Å². The Morgan fingerprint density at radius 1 is 1.36 bits per heavy atom. The molecule has 1 saturated carbocycles. The molecule has 1 aliphatic carbocycles. The minimum Gasteiger partial charge on any atom is -0.469 e. The second-order valence-electron chi connectivity index (χ2n) is 6.70. The van der Waals surface area contributed by atoms with E-state index < -0.39 is 11.8 Å². The van der Waals surface area contributed by atoms with Gasteiger partial charge < -0.3 is 15.8 Å². The zero-order valence-corrected chi connectivity index (χ0v) is 15.3. The van der Waals surface area contributed by atoms with Gasteiger partial charge in [0, 0.05) is 11.9 Å². The molecule has 0 bridgehead atoms. The average molecular weight is 385 g/mol. The van der Waals surface area contributed by atoms with E-state index >= 15 is 0 Å². The Bertz CT molecular complexity index is 919. The maximum atomic E-state index is 13.1. The smallest absolute Gasteiger partial charge is 0.308 e. The molecule has 0 aliphatic heterocycles. The first-order valence-electron chi connectivity index (χ1n) is 8.82. The lowest BCUT2D eigenvalue weighted by molar-refractivity contribution is -0.147.